The van der Waals surface area contributed by atoms with Gasteiger partial charge in [-0.25, -0.2) is 14.6 Å². The molecule has 14 heteroatoms. The topological polar surface area (TPSA) is 167 Å². The molecule has 2 amide bonds. The van der Waals surface area contributed by atoms with Crippen LogP contribution in [-0.4, -0.2) is 65.0 Å². The molecule has 2 aromatic carbocycles. The lowest BCUT2D eigenvalue weighted by Gasteiger charge is -2.18. The van der Waals surface area contributed by atoms with Crippen LogP contribution >= 0.6 is 0 Å². The second-order valence-corrected chi connectivity index (χ2v) is 8.14. The molecular weight excluding hydrogens is 549 g/mol. The third-order valence-corrected chi connectivity index (χ3v) is 5.08. The predicted octanol–water partition coefficient (Wildman–Crippen LogP) is 3.85. The Kier molecular flexibility index (Phi) is 12.6. The van der Waals surface area contributed by atoms with E-state index in [1.165, 1.54) is 0 Å². The summed E-state index contributed by atoms with van der Waals surface area (Å²) >= 11 is 0. The van der Waals surface area contributed by atoms with Crippen molar-refractivity contribution in [1.82, 2.24) is 15.6 Å². The molecule has 0 aliphatic carbocycles. The number of rotatable bonds is 11. The number of hydrogen-bond donors (Lipinski definition) is 5. The fourth-order valence-corrected chi connectivity index (χ4v) is 3.20. The molecule has 5 N–H and O–H groups in total. The summed E-state index contributed by atoms with van der Waals surface area (Å²) in [5, 5.41) is 24.4. The SMILES string of the molecule is O=C(O)C(F)(F)F.O=C(O)CC(NC(=O)CNC(=O)OCCNc1ccccn1)c1ccc(-c2ccccc2)cc1. The highest BCUT2D eigenvalue weighted by atomic mass is 19.4. The highest BCUT2D eigenvalue weighted by molar-refractivity contribution is 5.83. The van der Waals surface area contributed by atoms with Gasteiger partial charge in [0.25, 0.3) is 0 Å². The molecule has 41 heavy (non-hydrogen) atoms. The molecule has 218 valence electrons. The van der Waals surface area contributed by atoms with E-state index in [4.69, 9.17) is 14.6 Å². The van der Waals surface area contributed by atoms with Crippen LogP contribution in [0, 0.1) is 0 Å². The van der Waals surface area contributed by atoms with Gasteiger partial charge in [0.05, 0.1) is 19.0 Å². The Labute approximate surface area is 232 Å². The van der Waals surface area contributed by atoms with E-state index in [1.54, 1.807) is 30.5 Å². The van der Waals surface area contributed by atoms with Crippen LogP contribution < -0.4 is 16.0 Å². The Morgan fingerprint density at radius 1 is 0.878 bits per heavy atom. The average molecular weight is 577 g/mol. The van der Waals surface area contributed by atoms with Crippen molar-refractivity contribution in [3.63, 3.8) is 0 Å². The van der Waals surface area contributed by atoms with Crippen LogP contribution in [0.25, 0.3) is 11.1 Å². The summed E-state index contributed by atoms with van der Waals surface area (Å²) < 4.78 is 36.7. The summed E-state index contributed by atoms with van der Waals surface area (Å²) in [4.78, 5) is 48.4. The van der Waals surface area contributed by atoms with Gasteiger partial charge in [0.2, 0.25) is 5.91 Å². The largest absolute Gasteiger partial charge is 0.490 e. The number of carbonyl (C=O) groups excluding carboxylic acids is 2. The lowest BCUT2D eigenvalue weighted by atomic mass is 9.99. The zero-order valence-corrected chi connectivity index (χ0v) is 21.4. The monoisotopic (exact) mass is 576 g/mol. The summed E-state index contributed by atoms with van der Waals surface area (Å²) in [5.41, 5.74) is 2.66. The molecule has 1 aromatic heterocycles. The van der Waals surface area contributed by atoms with E-state index in [2.05, 4.69) is 20.9 Å². The molecule has 0 bridgehead atoms. The number of alkyl carbamates (subject to hydrolysis) is 1. The van der Waals surface area contributed by atoms with Gasteiger partial charge in [-0.15, -0.1) is 0 Å². The van der Waals surface area contributed by atoms with Crippen molar-refractivity contribution in [2.24, 2.45) is 0 Å². The number of carboxylic acids is 2. The van der Waals surface area contributed by atoms with Gasteiger partial charge in [-0.05, 0) is 28.8 Å². The number of halogens is 3. The van der Waals surface area contributed by atoms with Gasteiger partial charge in [0, 0.05) is 6.20 Å². The van der Waals surface area contributed by atoms with Crippen LogP contribution in [0.4, 0.5) is 23.8 Å². The number of carboxylic acid groups (broad SMARTS) is 2. The second-order valence-electron chi connectivity index (χ2n) is 8.14. The molecule has 0 radical (unpaired) electrons. The minimum absolute atomic E-state index is 0.0828. The number of aromatic nitrogens is 1. The first kappa shape index (κ1) is 32.1. The van der Waals surface area contributed by atoms with Crippen molar-refractivity contribution in [3.8, 4) is 11.1 Å². The highest BCUT2D eigenvalue weighted by Crippen LogP contribution is 2.23. The molecule has 3 rings (SSSR count). The Hall–Kier alpha value is -5.14. The molecule has 0 spiro atoms. The second kappa shape index (κ2) is 16.1. The van der Waals surface area contributed by atoms with Gasteiger partial charge in [-0.2, -0.15) is 13.2 Å². The summed E-state index contributed by atoms with van der Waals surface area (Å²) in [7, 11) is 0. The van der Waals surface area contributed by atoms with Crippen LogP contribution in [0.5, 0.6) is 0 Å². The van der Waals surface area contributed by atoms with E-state index in [-0.39, 0.29) is 19.6 Å². The van der Waals surface area contributed by atoms with Gasteiger partial charge in [-0.1, -0.05) is 60.7 Å². The minimum atomic E-state index is -5.08. The minimum Gasteiger partial charge on any atom is -0.481 e. The van der Waals surface area contributed by atoms with Crippen LogP contribution in [0.2, 0.25) is 0 Å². The van der Waals surface area contributed by atoms with E-state index < -0.39 is 36.2 Å². The van der Waals surface area contributed by atoms with Crippen LogP contribution in [0.1, 0.15) is 18.0 Å². The van der Waals surface area contributed by atoms with Gasteiger partial charge in [0.1, 0.15) is 19.0 Å². The summed E-state index contributed by atoms with van der Waals surface area (Å²) in [5.74, 6) is -3.67. The number of benzene rings is 2. The van der Waals surface area contributed by atoms with E-state index in [0.29, 0.717) is 17.9 Å². The fourth-order valence-electron chi connectivity index (χ4n) is 3.20. The Morgan fingerprint density at radius 2 is 1.49 bits per heavy atom. The number of aliphatic carboxylic acids is 2. The summed E-state index contributed by atoms with van der Waals surface area (Å²) in [6.07, 6.45) is -4.48. The van der Waals surface area contributed by atoms with Gasteiger partial charge in [-0.3, -0.25) is 9.59 Å². The predicted molar refractivity (Wildman–Crippen MR) is 141 cm³/mol. The maximum absolute atomic E-state index is 12.3. The Bertz CT molecular complexity index is 1280. The quantitative estimate of drug-likeness (QED) is 0.213. The maximum Gasteiger partial charge on any atom is 0.490 e. The third kappa shape index (κ3) is 12.5. The van der Waals surface area contributed by atoms with Crippen LogP contribution in [0.3, 0.4) is 0 Å². The van der Waals surface area contributed by atoms with E-state index in [9.17, 15) is 32.7 Å². The Balaban J connectivity index is 0.000000745. The van der Waals surface area contributed by atoms with Crippen molar-refractivity contribution >= 4 is 29.8 Å². The van der Waals surface area contributed by atoms with Crippen molar-refractivity contribution < 1.29 is 47.3 Å². The van der Waals surface area contributed by atoms with E-state index in [1.807, 2.05) is 48.5 Å². The molecule has 1 heterocycles. The molecule has 0 aliphatic rings. The van der Waals surface area contributed by atoms with Crippen molar-refractivity contribution in [2.75, 3.05) is 25.0 Å². The molecule has 0 saturated carbocycles. The molecule has 11 nitrogen and oxygen atoms in total. The molecular formula is C27H27F3N4O7. The number of amides is 2. The number of alkyl halides is 3. The van der Waals surface area contributed by atoms with Crippen LogP contribution in [-0.2, 0) is 19.1 Å². The number of hydrogen-bond acceptors (Lipinski definition) is 7. The standard InChI is InChI=1S/C25H26N4O5.C2HF3O2/c30-23(17-28-25(33)34-15-14-27-22-8-4-5-13-26-22)29-21(16-24(31)32)20-11-9-19(10-12-20)18-6-2-1-3-7-18;3-2(4,5)1(6)7/h1-13,21H,14-17H2,(H,26,27)(H,28,33)(H,29,30)(H,31,32);(H,6,7). The molecule has 0 saturated heterocycles. The first-order chi connectivity index (χ1) is 19.5. The van der Waals surface area contributed by atoms with E-state index in [0.717, 1.165) is 11.1 Å². The molecule has 3 aromatic rings. The highest BCUT2D eigenvalue weighted by Gasteiger charge is 2.38. The fraction of sp³-hybridized carbons (Fsp3) is 0.222. The van der Waals surface area contributed by atoms with Gasteiger partial charge >= 0.3 is 24.2 Å². The first-order valence-electron chi connectivity index (χ1n) is 12.0. The molecule has 1 atom stereocenters. The number of ether oxygens (including phenoxy) is 1. The lowest BCUT2D eigenvalue weighted by molar-refractivity contribution is -0.192. The Morgan fingerprint density at radius 3 is 2.05 bits per heavy atom. The van der Waals surface area contributed by atoms with Gasteiger partial charge in [0.15, 0.2) is 0 Å². The summed E-state index contributed by atoms with van der Waals surface area (Å²) in [6.45, 7) is 0.0977. The number of anilines is 1. The normalized spacial score (nSPS) is 11.2. The maximum atomic E-state index is 12.3. The summed E-state index contributed by atoms with van der Waals surface area (Å²) in [6, 6.07) is 21.7. The van der Waals surface area contributed by atoms with E-state index >= 15 is 0 Å². The molecule has 1 unspecified atom stereocenters. The van der Waals surface area contributed by atoms with Crippen molar-refractivity contribution in [1.29, 1.82) is 0 Å². The number of nitrogens with one attached hydrogen (secondary N) is 3. The van der Waals surface area contributed by atoms with Crippen molar-refractivity contribution in [3.05, 3.63) is 84.6 Å². The molecule has 0 aliphatic heterocycles. The smallest absolute Gasteiger partial charge is 0.481 e. The third-order valence-electron chi connectivity index (χ3n) is 5.08. The first-order valence-corrected chi connectivity index (χ1v) is 12.0. The van der Waals surface area contributed by atoms with Gasteiger partial charge < -0.3 is 30.9 Å². The lowest BCUT2D eigenvalue weighted by Crippen LogP contribution is -2.39. The number of nitrogens with zero attached hydrogens (tertiary/aromatic N) is 1. The zero-order chi connectivity index (χ0) is 30.3. The average Bonchev–Trinajstić information content (AvgIpc) is 2.94. The number of pyridine rings is 1. The van der Waals surface area contributed by atoms with Crippen LogP contribution in [0.15, 0.2) is 79.0 Å². The molecule has 0 fully saturated rings. The van der Waals surface area contributed by atoms with Crippen molar-refractivity contribution in [2.45, 2.75) is 18.6 Å². The number of carbonyl (C=O) groups is 4. The zero-order valence-electron chi connectivity index (χ0n) is 21.4.